The summed E-state index contributed by atoms with van der Waals surface area (Å²) in [5, 5.41) is 3.48. The van der Waals surface area contributed by atoms with E-state index in [0.29, 0.717) is 18.0 Å². The lowest BCUT2D eigenvalue weighted by molar-refractivity contribution is 0.0104. The van der Waals surface area contributed by atoms with Gasteiger partial charge in [0.2, 0.25) is 0 Å². The summed E-state index contributed by atoms with van der Waals surface area (Å²) in [5.74, 6) is 0.665. The fourth-order valence-electron chi connectivity index (χ4n) is 2.50. The van der Waals surface area contributed by atoms with E-state index in [1.165, 1.54) is 6.42 Å². The first kappa shape index (κ1) is 13.9. The highest BCUT2D eigenvalue weighted by molar-refractivity contribution is 4.85. The number of piperazine rings is 1. The molecule has 0 saturated carbocycles. The summed E-state index contributed by atoms with van der Waals surface area (Å²) in [4.78, 5) is 2.65. The second kappa shape index (κ2) is 7.25. The Labute approximate surface area is 101 Å². The van der Waals surface area contributed by atoms with Crippen molar-refractivity contribution >= 4 is 0 Å². The number of hydrogen-bond acceptors (Lipinski definition) is 3. The minimum atomic E-state index is 0.576. The number of nitrogens with zero attached hydrogens (tertiary/aromatic N) is 1. The first-order valence-corrected chi connectivity index (χ1v) is 6.74. The highest BCUT2D eigenvalue weighted by atomic mass is 16.5. The van der Waals surface area contributed by atoms with Gasteiger partial charge in [-0.15, -0.1) is 0 Å². The van der Waals surface area contributed by atoms with E-state index in [0.717, 1.165) is 32.8 Å². The Balaban J connectivity index is 2.58. The van der Waals surface area contributed by atoms with Gasteiger partial charge in [0.25, 0.3) is 0 Å². The van der Waals surface area contributed by atoms with E-state index in [1.807, 2.05) is 0 Å². The second-order valence-corrected chi connectivity index (χ2v) is 4.97. The Morgan fingerprint density at radius 2 is 2.12 bits per heavy atom. The molecule has 16 heavy (non-hydrogen) atoms. The van der Waals surface area contributed by atoms with Crippen molar-refractivity contribution in [1.82, 2.24) is 10.2 Å². The van der Waals surface area contributed by atoms with Gasteiger partial charge in [-0.2, -0.15) is 0 Å². The minimum absolute atomic E-state index is 0.576. The minimum Gasteiger partial charge on any atom is -0.380 e. The Bertz CT molecular complexity index is 185. The molecule has 1 heterocycles. The van der Waals surface area contributed by atoms with Gasteiger partial charge in [-0.3, -0.25) is 4.90 Å². The van der Waals surface area contributed by atoms with Gasteiger partial charge < -0.3 is 10.1 Å². The molecule has 0 radical (unpaired) electrons. The predicted molar refractivity (Wildman–Crippen MR) is 68.8 cm³/mol. The van der Waals surface area contributed by atoms with Crippen LogP contribution in [0.2, 0.25) is 0 Å². The lowest BCUT2D eigenvalue weighted by Crippen LogP contribution is -2.57. The first-order chi connectivity index (χ1) is 7.70. The fourth-order valence-corrected chi connectivity index (χ4v) is 2.50. The molecule has 1 fully saturated rings. The van der Waals surface area contributed by atoms with Crippen molar-refractivity contribution in [2.24, 2.45) is 5.92 Å². The first-order valence-electron chi connectivity index (χ1n) is 6.74. The second-order valence-electron chi connectivity index (χ2n) is 4.97. The Kier molecular flexibility index (Phi) is 6.32. The Hall–Kier alpha value is -0.120. The summed E-state index contributed by atoms with van der Waals surface area (Å²) in [5.41, 5.74) is 0. The van der Waals surface area contributed by atoms with E-state index < -0.39 is 0 Å². The summed E-state index contributed by atoms with van der Waals surface area (Å²) in [6, 6.07) is 1.26. The molecule has 0 amide bonds. The van der Waals surface area contributed by atoms with E-state index in [-0.39, 0.29) is 0 Å². The molecule has 0 aliphatic carbocycles. The van der Waals surface area contributed by atoms with Crippen LogP contribution in [0.3, 0.4) is 0 Å². The van der Waals surface area contributed by atoms with Crippen molar-refractivity contribution in [3.8, 4) is 0 Å². The highest BCUT2D eigenvalue weighted by Crippen LogP contribution is 2.18. The topological polar surface area (TPSA) is 24.5 Å². The van der Waals surface area contributed by atoms with E-state index in [1.54, 1.807) is 0 Å². The van der Waals surface area contributed by atoms with Crippen molar-refractivity contribution in [2.45, 2.75) is 46.2 Å². The fraction of sp³-hybridized carbons (Fsp3) is 1.00. The molecule has 1 N–H and O–H groups in total. The third-order valence-corrected chi connectivity index (χ3v) is 3.56. The number of hydrogen-bond donors (Lipinski definition) is 1. The third-order valence-electron chi connectivity index (χ3n) is 3.56. The number of ether oxygens (including phenoxy) is 1. The van der Waals surface area contributed by atoms with Crippen molar-refractivity contribution < 1.29 is 4.74 Å². The van der Waals surface area contributed by atoms with Gasteiger partial charge in [-0.25, -0.2) is 0 Å². The van der Waals surface area contributed by atoms with Crippen molar-refractivity contribution in [3.05, 3.63) is 0 Å². The molecule has 3 nitrogen and oxygen atoms in total. The van der Waals surface area contributed by atoms with Gasteiger partial charge >= 0.3 is 0 Å². The van der Waals surface area contributed by atoms with Gasteiger partial charge in [-0.1, -0.05) is 20.8 Å². The molecule has 0 aromatic carbocycles. The van der Waals surface area contributed by atoms with E-state index in [2.05, 4.69) is 37.9 Å². The summed E-state index contributed by atoms with van der Waals surface area (Å²) in [6.45, 7) is 14.1. The molecule has 0 aromatic heterocycles. The van der Waals surface area contributed by atoms with Gasteiger partial charge in [0.15, 0.2) is 0 Å². The van der Waals surface area contributed by atoms with Gasteiger partial charge in [-0.05, 0) is 19.3 Å². The van der Waals surface area contributed by atoms with Crippen LogP contribution in [-0.4, -0.2) is 49.8 Å². The maximum absolute atomic E-state index is 5.64. The molecule has 1 saturated heterocycles. The van der Waals surface area contributed by atoms with Crippen LogP contribution in [0.1, 0.15) is 34.1 Å². The maximum Gasteiger partial charge on any atom is 0.0624 e. The van der Waals surface area contributed by atoms with Crippen LogP contribution in [0.15, 0.2) is 0 Å². The molecule has 2 unspecified atom stereocenters. The average Bonchev–Trinajstić information content (AvgIpc) is 2.29. The summed E-state index contributed by atoms with van der Waals surface area (Å²) in [7, 11) is 0. The lowest BCUT2D eigenvalue weighted by Gasteiger charge is -2.42. The van der Waals surface area contributed by atoms with Crippen molar-refractivity contribution in [2.75, 3.05) is 32.8 Å². The Morgan fingerprint density at radius 3 is 2.69 bits per heavy atom. The molecular formula is C13H28N2O. The summed E-state index contributed by atoms with van der Waals surface area (Å²) < 4.78 is 5.64. The van der Waals surface area contributed by atoms with Crippen LogP contribution >= 0.6 is 0 Å². The third kappa shape index (κ3) is 3.72. The molecule has 2 atom stereocenters. The SMILES string of the molecule is CCOCC(C(C)C)N1CCNCC1CC. The Morgan fingerprint density at radius 1 is 1.38 bits per heavy atom. The maximum atomic E-state index is 5.64. The van der Waals surface area contributed by atoms with E-state index in [9.17, 15) is 0 Å². The van der Waals surface area contributed by atoms with Gasteiger partial charge in [0, 0.05) is 38.3 Å². The van der Waals surface area contributed by atoms with Crippen LogP contribution in [-0.2, 0) is 4.74 Å². The molecule has 1 aliphatic rings. The lowest BCUT2D eigenvalue weighted by atomic mass is 9.99. The van der Waals surface area contributed by atoms with Crippen molar-refractivity contribution in [3.63, 3.8) is 0 Å². The smallest absolute Gasteiger partial charge is 0.0624 e. The molecule has 3 heteroatoms. The molecule has 96 valence electrons. The molecule has 1 rings (SSSR count). The summed E-state index contributed by atoms with van der Waals surface area (Å²) >= 11 is 0. The molecule has 1 aliphatic heterocycles. The van der Waals surface area contributed by atoms with Crippen LogP contribution in [0.4, 0.5) is 0 Å². The zero-order chi connectivity index (χ0) is 12.0. The zero-order valence-corrected chi connectivity index (χ0v) is 11.3. The van der Waals surface area contributed by atoms with Crippen LogP contribution in [0, 0.1) is 5.92 Å². The number of rotatable bonds is 6. The number of nitrogens with one attached hydrogen (secondary N) is 1. The van der Waals surface area contributed by atoms with Gasteiger partial charge in [0.1, 0.15) is 0 Å². The van der Waals surface area contributed by atoms with E-state index >= 15 is 0 Å². The molecular weight excluding hydrogens is 200 g/mol. The van der Waals surface area contributed by atoms with Crippen LogP contribution in [0.5, 0.6) is 0 Å². The van der Waals surface area contributed by atoms with Crippen LogP contribution < -0.4 is 5.32 Å². The van der Waals surface area contributed by atoms with E-state index in [4.69, 9.17) is 4.74 Å². The quantitative estimate of drug-likeness (QED) is 0.749. The van der Waals surface area contributed by atoms with Gasteiger partial charge in [0.05, 0.1) is 6.61 Å². The van der Waals surface area contributed by atoms with Crippen LogP contribution in [0.25, 0.3) is 0 Å². The normalized spacial score (nSPS) is 24.9. The highest BCUT2D eigenvalue weighted by Gasteiger charge is 2.29. The molecule has 0 spiro atoms. The predicted octanol–water partition coefficient (Wildman–Crippen LogP) is 1.73. The summed E-state index contributed by atoms with van der Waals surface area (Å²) in [6.07, 6.45) is 1.22. The molecule has 0 aromatic rings. The zero-order valence-electron chi connectivity index (χ0n) is 11.3. The van der Waals surface area contributed by atoms with Crippen molar-refractivity contribution in [1.29, 1.82) is 0 Å². The largest absolute Gasteiger partial charge is 0.380 e. The molecule has 0 bridgehead atoms. The standard InChI is InChI=1S/C13H28N2O/c1-5-12-9-14-7-8-15(12)13(11(3)4)10-16-6-2/h11-14H,5-10H2,1-4H3. The average molecular weight is 228 g/mol. The monoisotopic (exact) mass is 228 g/mol.